The van der Waals surface area contributed by atoms with Crippen LogP contribution in [-0.2, 0) is 0 Å². The Bertz CT molecular complexity index is 318. The first-order chi connectivity index (χ1) is 6.48. The lowest BCUT2D eigenvalue weighted by Crippen LogP contribution is -2.33. The summed E-state index contributed by atoms with van der Waals surface area (Å²) in [6, 6.07) is 0.778. The van der Waals surface area contributed by atoms with Crippen molar-refractivity contribution in [2.75, 3.05) is 7.05 Å². The maximum absolute atomic E-state index is 4.48. The van der Waals surface area contributed by atoms with E-state index in [1.165, 1.54) is 5.57 Å². The van der Waals surface area contributed by atoms with Crippen LogP contribution < -0.4 is 0 Å². The van der Waals surface area contributed by atoms with Gasteiger partial charge in [0, 0.05) is 7.05 Å². The van der Waals surface area contributed by atoms with E-state index in [2.05, 4.69) is 55.9 Å². The zero-order valence-electron chi connectivity index (χ0n) is 9.36. The van der Waals surface area contributed by atoms with Gasteiger partial charge in [0.05, 0.1) is 18.4 Å². The lowest BCUT2D eigenvalue weighted by atomic mass is 9.82. The molecule has 2 aliphatic rings. The molecule has 0 saturated heterocycles. The first-order valence-electron chi connectivity index (χ1n) is 5.14. The van der Waals surface area contributed by atoms with Crippen LogP contribution in [0.5, 0.6) is 0 Å². The van der Waals surface area contributed by atoms with Gasteiger partial charge >= 0.3 is 0 Å². The quantitative estimate of drug-likeness (QED) is 0.572. The van der Waals surface area contributed by atoms with Crippen molar-refractivity contribution in [3.63, 3.8) is 0 Å². The van der Waals surface area contributed by atoms with Crippen molar-refractivity contribution < 1.29 is 0 Å². The molecule has 2 atom stereocenters. The second-order valence-electron chi connectivity index (χ2n) is 5.14. The van der Waals surface area contributed by atoms with Gasteiger partial charge in [0.2, 0.25) is 0 Å². The molecule has 0 spiro atoms. The standard InChI is InChI=1S/C12H18N2/c1-12(2,3)9-5-6-11-10(7-9)13-8-14(11)4/h5-8,10-11H,1-4H3. The van der Waals surface area contributed by atoms with Crippen molar-refractivity contribution in [3.8, 4) is 0 Å². The minimum atomic E-state index is 0.234. The maximum atomic E-state index is 4.48. The molecule has 0 aromatic carbocycles. The predicted molar refractivity (Wildman–Crippen MR) is 60.5 cm³/mol. The highest BCUT2D eigenvalue weighted by molar-refractivity contribution is 5.61. The van der Waals surface area contributed by atoms with Crippen LogP contribution in [0, 0.1) is 5.41 Å². The monoisotopic (exact) mass is 190 g/mol. The van der Waals surface area contributed by atoms with Crippen molar-refractivity contribution in [1.29, 1.82) is 0 Å². The highest BCUT2D eigenvalue weighted by Crippen LogP contribution is 2.32. The molecule has 0 radical (unpaired) electrons. The molecule has 0 aromatic heterocycles. The van der Waals surface area contributed by atoms with Crippen molar-refractivity contribution in [3.05, 3.63) is 23.8 Å². The Kier molecular flexibility index (Phi) is 2.02. The fraction of sp³-hybridized carbons (Fsp3) is 0.583. The van der Waals surface area contributed by atoms with Crippen LogP contribution in [0.3, 0.4) is 0 Å². The maximum Gasteiger partial charge on any atom is 0.0942 e. The highest BCUT2D eigenvalue weighted by Gasteiger charge is 2.29. The predicted octanol–water partition coefficient (Wildman–Crippen LogP) is 2.24. The normalized spacial score (nSPS) is 30.6. The smallest absolute Gasteiger partial charge is 0.0942 e. The van der Waals surface area contributed by atoms with Gasteiger partial charge in [-0.05, 0) is 11.0 Å². The van der Waals surface area contributed by atoms with Gasteiger partial charge in [-0.25, -0.2) is 0 Å². The van der Waals surface area contributed by atoms with Gasteiger partial charge in [-0.3, -0.25) is 4.99 Å². The molecule has 1 heterocycles. The van der Waals surface area contributed by atoms with Gasteiger partial charge in [0.25, 0.3) is 0 Å². The van der Waals surface area contributed by atoms with E-state index in [9.17, 15) is 0 Å². The fourth-order valence-electron chi connectivity index (χ4n) is 1.92. The molecule has 0 saturated carbocycles. The third kappa shape index (κ3) is 1.49. The van der Waals surface area contributed by atoms with E-state index in [4.69, 9.17) is 0 Å². The summed E-state index contributed by atoms with van der Waals surface area (Å²) < 4.78 is 0. The molecule has 0 fully saturated rings. The zero-order chi connectivity index (χ0) is 10.3. The van der Waals surface area contributed by atoms with Crippen LogP contribution in [0.1, 0.15) is 20.8 Å². The van der Waals surface area contributed by atoms with E-state index in [1.807, 2.05) is 6.34 Å². The molecular weight excluding hydrogens is 172 g/mol. The largest absolute Gasteiger partial charge is 0.357 e. The number of hydrogen-bond acceptors (Lipinski definition) is 2. The average Bonchev–Trinajstić information content (AvgIpc) is 2.46. The van der Waals surface area contributed by atoms with Gasteiger partial charge in [0.15, 0.2) is 0 Å². The second-order valence-corrected chi connectivity index (χ2v) is 5.14. The van der Waals surface area contributed by atoms with Crippen molar-refractivity contribution >= 4 is 6.34 Å². The van der Waals surface area contributed by atoms with Crippen LogP contribution >= 0.6 is 0 Å². The van der Waals surface area contributed by atoms with E-state index in [0.717, 1.165) is 0 Å². The van der Waals surface area contributed by atoms with Gasteiger partial charge in [-0.1, -0.05) is 39.0 Å². The minimum absolute atomic E-state index is 0.234. The molecule has 0 amide bonds. The van der Waals surface area contributed by atoms with E-state index >= 15 is 0 Å². The molecule has 0 aromatic rings. The van der Waals surface area contributed by atoms with Crippen LogP contribution in [0.4, 0.5) is 0 Å². The molecule has 1 aliphatic carbocycles. The number of nitrogens with zero attached hydrogens (tertiary/aromatic N) is 2. The summed E-state index contributed by atoms with van der Waals surface area (Å²) in [6.45, 7) is 6.73. The molecule has 0 N–H and O–H groups in total. The third-order valence-electron chi connectivity index (χ3n) is 2.93. The second kappa shape index (κ2) is 2.97. The van der Waals surface area contributed by atoms with Gasteiger partial charge in [0.1, 0.15) is 0 Å². The SMILES string of the molecule is CN1C=NC2C=C(C(C)(C)C)C=CC21. The van der Waals surface area contributed by atoms with E-state index in [0.29, 0.717) is 12.1 Å². The molecule has 0 bridgehead atoms. The molecule has 2 nitrogen and oxygen atoms in total. The highest BCUT2D eigenvalue weighted by atomic mass is 15.2. The van der Waals surface area contributed by atoms with Crippen LogP contribution in [-0.4, -0.2) is 30.4 Å². The van der Waals surface area contributed by atoms with E-state index in [1.54, 1.807) is 0 Å². The summed E-state index contributed by atoms with van der Waals surface area (Å²) in [7, 11) is 2.08. The first kappa shape index (κ1) is 9.50. The molecule has 14 heavy (non-hydrogen) atoms. The summed E-state index contributed by atoms with van der Waals surface area (Å²) in [5.41, 5.74) is 1.63. The summed E-state index contributed by atoms with van der Waals surface area (Å²) in [5, 5.41) is 0. The van der Waals surface area contributed by atoms with Gasteiger partial charge in [-0.2, -0.15) is 0 Å². The number of rotatable bonds is 0. The Labute approximate surface area is 86.0 Å². The molecule has 76 valence electrons. The number of fused-ring (bicyclic) bond motifs is 1. The Morgan fingerprint density at radius 3 is 2.71 bits per heavy atom. The van der Waals surface area contributed by atoms with Crippen LogP contribution in [0.15, 0.2) is 28.8 Å². The number of likely N-dealkylation sites (N-methyl/N-ethyl adjacent to an activating group) is 1. The van der Waals surface area contributed by atoms with Crippen LogP contribution in [0.2, 0.25) is 0 Å². The summed E-state index contributed by atoms with van der Waals surface area (Å²) in [5.74, 6) is 0. The Morgan fingerprint density at radius 2 is 2.07 bits per heavy atom. The van der Waals surface area contributed by atoms with Crippen molar-refractivity contribution in [2.24, 2.45) is 10.4 Å². The Balaban J connectivity index is 2.25. The minimum Gasteiger partial charge on any atom is -0.357 e. The van der Waals surface area contributed by atoms with Crippen molar-refractivity contribution in [2.45, 2.75) is 32.9 Å². The molecule has 2 heteroatoms. The van der Waals surface area contributed by atoms with Crippen LogP contribution in [0.25, 0.3) is 0 Å². The number of allylic oxidation sites excluding steroid dienone is 2. The first-order valence-corrected chi connectivity index (χ1v) is 5.14. The Morgan fingerprint density at radius 1 is 1.36 bits per heavy atom. The van der Waals surface area contributed by atoms with Crippen molar-refractivity contribution in [1.82, 2.24) is 4.90 Å². The molecular formula is C12H18N2. The molecule has 2 rings (SSSR count). The number of aliphatic imine (C=N–C) groups is 1. The van der Waals surface area contributed by atoms with Gasteiger partial charge in [-0.15, -0.1) is 0 Å². The average molecular weight is 190 g/mol. The molecule has 2 unspecified atom stereocenters. The van der Waals surface area contributed by atoms with Gasteiger partial charge < -0.3 is 4.90 Å². The van der Waals surface area contributed by atoms with E-state index in [-0.39, 0.29) is 5.41 Å². The molecule has 1 aliphatic heterocycles. The lowest BCUT2D eigenvalue weighted by molar-refractivity contribution is 0.432. The summed E-state index contributed by atoms with van der Waals surface area (Å²) in [6.07, 6.45) is 8.73. The lowest BCUT2D eigenvalue weighted by Gasteiger charge is -2.28. The summed E-state index contributed by atoms with van der Waals surface area (Å²) >= 11 is 0. The zero-order valence-corrected chi connectivity index (χ0v) is 9.36. The third-order valence-corrected chi connectivity index (χ3v) is 2.93. The fourth-order valence-corrected chi connectivity index (χ4v) is 1.92. The summed E-state index contributed by atoms with van der Waals surface area (Å²) in [4.78, 5) is 6.64. The Hall–Kier alpha value is -1.05. The topological polar surface area (TPSA) is 15.6 Å². The van der Waals surface area contributed by atoms with E-state index < -0.39 is 0 Å². The number of hydrogen-bond donors (Lipinski definition) is 0.